The zero-order valence-electron chi connectivity index (χ0n) is 12.5. The Kier molecular flexibility index (Phi) is 5.41. The van der Waals surface area contributed by atoms with Crippen molar-refractivity contribution in [3.8, 4) is 0 Å². The van der Waals surface area contributed by atoms with Gasteiger partial charge in [-0.2, -0.15) is 0 Å². The molecule has 2 nitrogen and oxygen atoms in total. The number of aryl methyl sites for hydroxylation is 2. The lowest BCUT2D eigenvalue weighted by Crippen LogP contribution is -2.32. The van der Waals surface area contributed by atoms with Gasteiger partial charge in [-0.05, 0) is 51.1 Å². The molecule has 0 aromatic heterocycles. The molecule has 2 rings (SSSR count). The van der Waals surface area contributed by atoms with Crippen LogP contribution in [0.25, 0.3) is 0 Å². The Morgan fingerprint density at radius 1 is 1.16 bits per heavy atom. The van der Waals surface area contributed by atoms with Crippen LogP contribution in [-0.2, 0) is 4.74 Å². The minimum atomic E-state index is 0.488. The van der Waals surface area contributed by atoms with Crippen molar-refractivity contribution in [3.63, 3.8) is 0 Å². The number of benzene rings is 1. The van der Waals surface area contributed by atoms with Gasteiger partial charge in [0.15, 0.2) is 0 Å². The highest BCUT2D eigenvalue weighted by molar-refractivity contribution is 5.31. The largest absolute Gasteiger partial charge is 0.381 e. The van der Waals surface area contributed by atoms with Gasteiger partial charge < -0.3 is 10.1 Å². The molecule has 0 spiro atoms. The van der Waals surface area contributed by atoms with E-state index in [1.807, 2.05) is 0 Å². The van der Waals surface area contributed by atoms with Crippen molar-refractivity contribution in [3.05, 3.63) is 34.9 Å². The summed E-state index contributed by atoms with van der Waals surface area (Å²) >= 11 is 0. The van der Waals surface area contributed by atoms with E-state index in [-0.39, 0.29) is 0 Å². The van der Waals surface area contributed by atoms with Crippen LogP contribution in [0.5, 0.6) is 0 Å². The fraction of sp³-hybridized carbons (Fsp3) is 0.647. The van der Waals surface area contributed by atoms with Crippen molar-refractivity contribution in [1.29, 1.82) is 0 Å². The van der Waals surface area contributed by atoms with E-state index in [1.165, 1.54) is 36.0 Å². The van der Waals surface area contributed by atoms with Crippen LogP contribution in [0.3, 0.4) is 0 Å². The Bertz CT molecular complexity index is 376. The predicted octanol–water partition coefficient (Wildman–Crippen LogP) is 3.77. The van der Waals surface area contributed by atoms with E-state index >= 15 is 0 Å². The molecule has 1 N–H and O–H groups in total. The van der Waals surface area contributed by atoms with E-state index < -0.39 is 0 Å². The first-order valence-corrected chi connectivity index (χ1v) is 7.60. The first kappa shape index (κ1) is 14.5. The summed E-state index contributed by atoms with van der Waals surface area (Å²) < 4.78 is 5.51. The third kappa shape index (κ3) is 4.05. The zero-order chi connectivity index (χ0) is 13.7. The van der Waals surface area contributed by atoms with Crippen LogP contribution in [0, 0.1) is 19.8 Å². The SMILES string of the molecule is CCCNC(c1cc(C)cc(C)c1)C1CCOCC1. The second kappa shape index (κ2) is 7.06. The summed E-state index contributed by atoms with van der Waals surface area (Å²) in [5.74, 6) is 0.710. The van der Waals surface area contributed by atoms with Gasteiger partial charge in [0.2, 0.25) is 0 Å². The lowest BCUT2D eigenvalue weighted by molar-refractivity contribution is 0.0536. The van der Waals surface area contributed by atoms with Crippen molar-refractivity contribution in [2.45, 2.75) is 46.1 Å². The van der Waals surface area contributed by atoms with E-state index in [4.69, 9.17) is 4.74 Å². The normalized spacial score (nSPS) is 18.5. The van der Waals surface area contributed by atoms with E-state index in [0.29, 0.717) is 12.0 Å². The lowest BCUT2D eigenvalue weighted by Gasteiger charge is -2.32. The molecule has 19 heavy (non-hydrogen) atoms. The fourth-order valence-electron chi connectivity index (χ4n) is 3.10. The molecule has 0 amide bonds. The predicted molar refractivity (Wildman–Crippen MR) is 80.5 cm³/mol. The van der Waals surface area contributed by atoms with Crippen LogP contribution >= 0.6 is 0 Å². The Morgan fingerprint density at radius 2 is 1.79 bits per heavy atom. The minimum Gasteiger partial charge on any atom is -0.381 e. The highest BCUT2D eigenvalue weighted by atomic mass is 16.5. The maximum Gasteiger partial charge on any atom is 0.0469 e. The van der Waals surface area contributed by atoms with Crippen LogP contribution in [0.15, 0.2) is 18.2 Å². The molecule has 1 heterocycles. The van der Waals surface area contributed by atoms with Gasteiger partial charge in [-0.25, -0.2) is 0 Å². The van der Waals surface area contributed by atoms with Gasteiger partial charge in [0.05, 0.1) is 0 Å². The van der Waals surface area contributed by atoms with E-state index in [2.05, 4.69) is 44.3 Å². The van der Waals surface area contributed by atoms with Crippen LogP contribution in [0.4, 0.5) is 0 Å². The number of rotatable bonds is 5. The highest BCUT2D eigenvalue weighted by Crippen LogP contribution is 2.31. The van der Waals surface area contributed by atoms with Gasteiger partial charge in [-0.1, -0.05) is 36.2 Å². The number of hydrogen-bond donors (Lipinski definition) is 1. The van der Waals surface area contributed by atoms with Gasteiger partial charge in [0.1, 0.15) is 0 Å². The van der Waals surface area contributed by atoms with Crippen LogP contribution in [-0.4, -0.2) is 19.8 Å². The Labute approximate surface area is 117 Å². The molecular weight excluding hydrogens is 234 g/mol. The standard InChI is InChI=1S/C17H27NO/c1-4-7-18-17(15-5-8-19-9-6-15)16-11-13(2)10-14(3)12-16/h10-12,15,17-18H,4-9H2,1-3H3. The number of hydrogen-bond acceptors (Lipinski definition) is 2. The second-order valence-corrected chi connectivity index (χ2v) is 5.80. The Balaban J connectivity index is 2.19. The molecule has 1 unspecified atom stereocenters. The molecular formula is C17H27NO. The quantitative estimate of drug-likeness (QED) is 0.871. The fourth-order valence-corrected chi connectivity index (χ4v) is 3.10. The number of nitrogens with one attached hydrogen (secondary N) is 1. The van der Waals surface area contributed by atoms with E-state index in [1.54, 1.807) is 0 Å². The molecule has 1 atom stereocenters. The van der Waals surface area contributed by atoms with Gasteiger partial charge >= 0.3 is 0 Å². The van der Waals surface area contributed by atoms with Crippen LogP contribution in [0.2, 0.25) is 0 Å². The molecule has 0 bridgehead atoms. The summed E-state index contributed by atoms with van der Waals surface area (Å²) in [7, 11) is 0. The summed E-state index contributed by atoms with van der Waals surface area (Å²) in [6.45, 7) is 9.54. The maximum atomic E-state index is 5.51. The topological polar surface area (TPSA) is 21.3 Å². The summed E-state index contributed by atoms with van der Waals surface area (Å²) in [5.41, 5.74) is 4.19. The number of ether oxygens (including phenoxy) is 1. The Hall–Kier alpha value is -0.860. The average molecular weight is 261 g/mol. The monoisotopic (exact) mass is 261 g/mol. The van der Waals surface area contributed by atoms with E-state index in [9.17, 15) is 0 Å². The first-order valence-electron chi connectivity index (χ1n) is 7.60. The molecule has 1 aromatic carbocycles. The third-order valence-electron chi connectivity index (χ3n) is 3.95. The summed E-state index contributed by atoms with van der Waals surface area (Å²) in [6, 6.07) is 7.43. The molecule has 106 valence electrons. The highest BCUT2D eigenvalue weighted by Gasteiger charge is 2.25. The first-order chi connectivity index (χ1) is 9.20. The second-order valence-electron chi connectivity index (χ2n) is 5.80. The molecule has 1 saturated heterocycles. The molecule has 0 radical (unpaired) electrons. The van der Waals surface area contributed by atoms with Gasteiger partial charge in [0.25, 0.3) is 0 Å². The average Bonchev–Trinajstić information content (AvgIpc) is 2.39. The molecule has 1 aliphatic heterocycles. The maximum absolute atomic E-state index is 5.51. The third-order valence-corrected chi connectivity index (χ3v) is 3.95. The summed E-state index contributed by atoms with van der Waals surface area (Å²) in [5, 5.41) is 3.75. The van der Waals surface area contributed by atoms with Crippen LogP contribution < -0.4 is 5.32 Å². The van der Waals surface area contributed by atoms with E-state index in [0.717, 1.165) is 19.8 Å². The van der Waals surface area contributed by atoms with Gasteiger partial charge in [-0.3, -0.25) is 0 Å². The van der Waals surface area contributed by atoms with Crippen LogP contribution in [0.1, 0.15) is 48.9 Å². The van der Waals surface area contributed by atoms with Crippen molar-refractivity contribution in [2.75, 3.05) is 19.8 Å². The molecule has 1 aromatic rings. The summed E-state index contributed by atoms with van der Waals surface area (Å²) in [6.07, 6.45) is 3.53. The lowest BCUT2D eigenvalue weighted by atomic mass is 9.86. The molecule has 0 aliphatic carbocycles. The van der Waals surface area contributed by atoms with Gasteiger partial charge in [-0.15, -0.1) is 0 Å². The Morgan fingerprint density at radius 3 is 2.37 bits per heavy atom. The molecule has 1 aliphatic rings. The smallest absolute Gasteiger partial charge is 0.0469 e. The zero-order valence-corrected chi connectivity index (χ0v) is 12.5. The molecule has 2 heteroatoms. The minimum absolute atomic E-state index is 0.488. The van der Waals surface area contributed by atoms with Gasteiger partial charge in [0, 0.05) is 19.3 Å². The molecule has 1 fully saturated rings. The van der Waals surface area contributed by atoms with Crippen molar-refractivity contribution >= 4 is 0 Å². The summed E-state index contributed by atoms with van der Waals surface area (Å²) in [4.78, 5) is 0. The van der Waals surface area contributed by atoms with Crippen molar-refractivity contribution in [2.24, 2.45) is 5.92 Å². The molecule has 0 saturated carbocycles. The van der Waals surface area contributed by atoms with Crippen molar-refractivity contribution in [1.82, 2.24) is 5.32 Å². The van der Waals surface area contributed by atoms with Crippen molar-refractivity contribution < 1.29 is 4.74 Å².